The summed E-state index contributed by atoms with van der Waals surface area (Å²) in [6.45, 7) is 4.15. The Morgan fingerprint density at radius 1 is 1.13 bits per heavy atom. The van der Waals surface area contributed by atoms with E-state index in [9.17, 15) is 4.79 Å². The third-order valence-corrected chi connectivity index (χ3v) is 3.91. The summed E-state index contributed by atoms with van der Waals surface area (Å²) in [5.74, 6) is -0.147. The van der Waals surface area contributed by atoms with Crippen molar-refractivity contribution in [1.29, 1.82) is 0 Å². The van der Waals surface area contributed by atoms with E-state index in [0.29, 0.717) is 11.3 Å². The standard InChI is InChI=1S/C18H21N3O2/c19-16-6-3-5-14(12-16)18(22)20-17-7-2-1-4-15(17)13-21-8-10-23-11-9-21/h1-7,12H,8-11,13,19H2,(H,20,22). The van der Waals surface area contributed by atoms with Gasteiger partial charge in [0.25, 0.3) is 5.91 Å². The Bertz CT molecular complexity index is 681. The first-order valence-electron chi connectivity index (χ1n) is 7.77. The second kappa shape index (κ2) is 7.26. The fourth-order valence-corrected chi connectivity index (χ4v) is 2.65. The number of morpholine rings is 1. The molecule has 2 aromatic carbocycles. The zero-order valence-corrected chi connectivity index (χ0v) is 13.0. The van der Waals surface area contributed by atoms with Crippen molar-refractivity contribution in [3.8, 4) is 0 Å². The zero-order valence-electron chi connectivity index (χ0n) is 13.0. The van der Waals surface area contributed by atoms with Gasteiger partial charge in [-0.25, -0.2) is 0 Å². The van der Waals surface area contributed by atoms with Gasteiger partial charge in [-0.1, -0.05) is 24.3 Å². The predicted octanol–water partition coefficient (Wildman–Crippen LogP) is 2.35. The quantitative estimate of drug-likeness (QED) is 0.851. The summed E-state index contributed by atoms with van der Waals surface area (Å²) in [7, 11) is 0. The molecular formula is C18H21N3O2. The van der Waals surface area contributed by atoms with Crippen LogP contribution in [0.15, 0.2) is 48.5 Å². The van der Waals surface area contributed by atoms with Crippen LogP contribution in [-0.4, -0.2) is 37.1 Å². The monoisotopic (exact) mass is 311 g/mol. The van der Waals surface area contributed by atoms with Gasteiger partial charge in [0.1, 0.15) is 0 Å². The van der Waals surface area contributed by atoms with Crippen LogP contribution in [0.5, 0.6) is 0 Å². The Morgan fingerprint density at radius 3 is 2.70 bits per heavy atom. The molecule has 0 aliphatic carbocycles. The lowest BCUT2D eigenvalue weighted by molar-refractivity contribution is 0.0342. The molecule has 1 aliphatic rings. The Hall–Kier alpha value is -2.37. The molecule has 1 aliphatic heterocycles. The maximum absolute atomic E-state index is 12.4. The van der Waals surface area contributed by atoms with Crippen molar-refractivity contribution in [2.75, 3.05) is 37.4 Å². The average molecular weight is 311 g/mol. The third kappa shape index (κ3) is 4.09. The third-order valence-electron chi connectivity index (χ3n) is 3.91. The molecule has 2 aromatic rings. The highest BCUT2D eigenvalue weighted by atomic mass is 16.5. The van der Waals surface area contributed by atoms with Crippen LogP contribution in [-0.2, 0) is 11.3 Å². The fourth-order valence-electron chi connectivity index (χ4n) is 2.65. The van der Waals surface area contributed by atoms with Crippen LogP contribution >= 0.6 is 0 Å². The van der Waals surface area contributed by atoms with E-state index in [-0.39, 0.29) is 5.91 Å². The molecule has 1 heterocycles. The first-order chi connectivity index (χ1) is 11.2. The zero-order chi connectivity index (χ0) is 16.1. The van der Waals surface area contributed by atoms with Gasteiger partial charge in [0.2, 0.25) is 0 Å². The van der Waals surface area contributed by atoms with Crippen molar-refractivity contribution in [3.05, 3.63) is 59.7 Å². The number of nitrogen functional groups attached to an aromatic ring is 1. The van der Waals surface area contributed by atoms with Crippen molar-refractivity contribution in [1.82, 2.24) is 4.90 Å². The SMILES string of the molecule is Nc1cccc(C(=O)Nc2ccccc2CN2CCOCC2)c1. The number of ether oxygens (including phenoxy) is 1. The average Bonchev–Trinajstić information content (AvgIpc) is 2.57. The molecule has 5 heteroatoms. The summed E-state index contributed by atoms with van der Waals surface area (Å²) in [5.41, 5.74) is 8.83. The van der Waals surface area contributed by atoms with Gasteiger partial charge in [-0.15, -0.1) is 0 Å². The molecule has 3 rings (SSSR count). The van der Waals surface area contributed by atoms with Crippen LogP contribution in [0.2, 0.25) is 0 Å². The van der Waals surface area contributed by atoms with E-state index >= 15 is 0 Å². The molecule has 1 amide bonds. The summed E-state index contributed by atoms with van der Waals surface area (Å²) >= 11 is 0. The second-order valence-corrected chi connectivity index (χ2v) is 5.63. The Labute approximate surface area is 136 Å². The summed E-state index contributed by atoms with van der Waals surface area (Å²) in [6, 6.07) is 14.9. The number of anilines is 2. The lowest BCUT2D eigenvalue weighted by Crippen LogP contribution is -2.35. The fraction of sp³-hybridized carbons (Fsp3) is 0.278. The maximum atomic E-state index is 12.4. The number of carbonyl (C=O) groups is 1. The number of para-hydroxylation sites is 1. The molecule has 23 heavy (non-hydrogen) atoms. The first kappa shape index (κ1) is 15.5. The molecule has 1 saturated heterocycles. The first-order valence-corrected chi connectivity index (χ1v) is 7.77. The van der Waals surface area contributed by atoms with E-state index in [0.717, 1.165) is 44.1 Å². The van der Waals surface area contributed by atoms with Crippen molar-refractivity contribution in [2.24, 2.45) is 0 Å². The van der Waals surface area contributed by atoms with Crippen LogP contribution in [0.1, 0.15) is 15.9 Å². The maximum Gasteiger partial charge on any atom is 0.255 e. The van der Waals surface area contributed by atoms with E-state index in [4.69, 9.17) is 10.5 Å². The van der Waals surface area contributed by atoms with Gasteiger partial charge in [0.15, 0.2) is 0 Å². The molecule has 0 spiro atoms. The number of rotatable bonds is 4. The molecule has 3 N–H and O–H groups in total. The number of nitrogens with one attached hydrogen (secondary N) is 1. The van der Waals surface area contributed by atoms with Crippen molar-refractivity contribution in [3.63, 3.8) is 0 Å². The van der Waals surface area contributed by atoms with E-state index < -0.39 is 0 Å². The largest absolute Gasteiger partial charge is 0.399 e. The van der Waals surface area contributed by atoms with Crippen LogP contribution in [0.25, 0.3) is 0 Å². The molecule has 0 atom stereocenters. The Balaban J connectivity index is 1.73. The van der Waals surface area contributed by atoms with Crippen molar-refractivity contribution in [2.45, 2.75) is 6.54 Å². The van der Waals surface area contributed by atoms with Crippen LogP contribution in [0.4, 0.5) is 11.4 Å². The lowest BCUT2D eigenvalue weighted by atomic mass is 10.1. The van der Waals surface area contributed by atoms with Gasteiger partial charge in [0.05, 0.1) is 13.2 Å². The highest BCUT2D eigenvalue weighted by Gasteiger charge is 2.14. The van der Waals surface area contributed by atoms with Crippen molar-refractivity contribution >= 4 is 17.3 Å². The normalized spacial score (nSPS) is 15.3. The van der Waals surface area contributed by atoms with Gasteiger partial charge in [-0.2, -0.15) is 0 Å². The molecule has 0 aromatic heterocycles. The minimum absolute atomic E-state index is 0.147. The number of carbonyl (C=O) groups excluding carboxylic acids is 1. The van der Waals surface area contributed by atoms with E-state index in [1.165, 1.54) is 0 Å². The number of nitrogens with two attached hydrogens (primary N) is 1. The predicted molar refractivity (Wildman–Crippen MR) is 91.3 cm³/mol. The number of hydrogen-bond acceptors (Lipinski definition) is 4. The van der Waals surface area contributed by atoms with E-state index in [1.807, 2.05) is 24.3 Å². The lowest BCUT2D eigenvalue weighted by Gasteiger charge is -2.27. The van der Waals surface area contributed by atoms with E-state index in [1.54, 1.807) is 24.3 Å². The molecule has 0 unspecified atom stereocenters. The van der Waals surface area contributed by atoms with Crippen molar-refractivity contribution < 1.29 is 9.53 Å². The van der Waals surface area contributed by atoms with Gasteiger partial charge in [-0.3, -0.25) is 9.69 Å². The summed E-state index contributed by atoms with van der Waals surface area (Å²) in [4.78, 5) is 14.7. The summed E-state index contributed by atoms with van der Waals surface area (Å²) in [6.07, 6.45) is 0. The van der Waals surface area contributed by atoms with Crippen LogP contribution < -0.4 is 11.1 Å². The highest BCUT2D eigenvalue weighted by Crippen LogP contribution is 2.19. The Kier molecular flexibility index (Phi) is 4.90. The van der Waals surface area contributed by atoms with Gasteiger partial charge >= 0.3 is 0 Å². The summed E-state index contributed by atoms with van der Waals surface area (Å²) < 4.78 is 5.38. The second-order valence-electron chi connectivity index (χ2n) is 5.63. The van der Waals surface area contributed by atoms with Gasteiger partial charge in [0, 0.05) is 36.6 Å². The minimum atomic E-state index is -0.147. The highest BCUT2D eigenvalue weighted by molar-refractivity contribution is 6.05. The number of nitrogens with zero attached hydrogens (tertiary/aromatic N) is 1. The topological polar surface area (TPSA) is 67.6 Å². The molecule has 0 bridgehead atoms. The van der Waals surface area contributed by atoms with Crippen LogP contribution in [0.3, 0.4) is 0 Å². The number of benzene rings is 2. The van der Waals surface area contributed by atoms with E-state index in [2.05, 4.69) is 10.2 Å². The smallest absolute Gasteiger partial charge is 0.255 e. The van der Waals surface area contributed by atoms with Gasteiger partial charge in [-0.05, 0) is 29.8 Å². The Morgan fingerprint density at radius 2 is 1.91 bits per heavy atom. The molecule has 5 nitrogen and oxygen atoms in total. The molecule has 120 valence electrons. The number of hydrogen-bond donors (Lipinski definition) is 2. The van der Waals surface area contributed by atoms with Crippen LogP contribution in [0, 0.1) is 0 Å². The summed E-state index contributed by atoms with van der Waals surface area (Å²) in [5, 5.41) is 2.99. The minimum Gasteiger partial charge on any atom is -0.399 e. The molecule has 1 fully saturated rings. The molecule has 0 radical (unpaired) electrons. The van der Waals surface area contributed by atoms with Gasteiger partial charge < -0.3 is 15.8 Å². The number of amides is 1. The molecular weight excluding hydrogens is 290 g/mol. The molecule has 0 saturated carbocycles.